The van der Waals surface area contributed by atoms with Gasteiger partial charge in [0.2, 0.25) is 0 Å². The molecule has 4 rings (SSSR count). The molecule has 2 aliphatic rings. The highest BCUT2D eigenvalue weighted by atomic mass is 16.3. The number of rotatable bonds is 5. The third kappa shape index (κ3) is 2.61. The van der Waals surface area contributed by atoms with E-state index in [0.717, 1.165) is 43.3 Å². The third-order valence-corrected chi connectivity index (χ3v) is 6.50. The molecule has 26 heavy (non-hydrogen) atoms. The van der Waals surface area contributed by atoms with Crippen molar-refractivity contribution in [3.63, 3.8) is 0 Å². The Morgan fingerprint density at radius 1 is 1.23 bits per heavy atom. The molecule has 4 atom stereocenters. The zero-order valence-corrected chi connectivity index (χ0v) is 16.0. The number of benzene rings is 1. The van der Waals surface area contributed by atoms with Crippen LogP contribution in [0.1, 0.15) is 42.7 Å². The maximum atomic E-state index is 10.6. The van der Waals surface area contributed by atoms with E-state index in [0.29, 0.717) is 11.8 Å². The SMILES string of the molecule is CCc1nc([C@@H]2N[C@@](CO)(c3ccccc3)[C@@H]3CN(CC)C[C@@H]32)c(C)[nH]1. The van der Waals surface area contributed by atoms with Crippen LogP contribution in [0.3, 0.4) is 0 Å². The molecule has 1 aromatic carbocycles. The Bertz CT molecular complexity index is 759. The van der Waals surface area contributed by atoms with E-state index in [1.54, 1.807) is 0 Å². The maximum Gasteiger partial charge on any atom is 0.106 e. The van der Waals surface area contributed by atoms with Crippen LogP contribution >= 0.6 is 0 Å². The first-order chi connectivity index (χ1) is 12.6. The lowest BCUT2D eigenvalue weighted by atomic mass is 9.76. The summed E-state index contributed by atoms with van der Waals surface area (Å²) < 4.78 is 0. The number of hydrogen-bond acceptors (Lipinski definition) is 4. The number of aromatic amines is 1. The number of imidazole rings is 1. The van der Waals surface area contributed by atoms with Crippen molar-refractivity contribution in [1.29, 1.82) is 0 Å². The van der Waals surface area contributed by atoms with Gasteiger partial charge in [-0.25, -0.2) is 4.98 Å². The average Bonchev–Trinajstić information content (AvgIpc) is 3.34. The molecule has 0 unspecified atom stereocenters. The van der Waals surface area contributed by atoms with Crippen LogP contribution < -0.4 is 5.32 Å². The van der Waals surface area contributed by atoms with E-state index >= 15 is 0 Å². The monoisotopic (exact) mass is 354 g/mol. The number of H-pyrrole nitrogens is 1. The molecule has 2 aromatic rings. The minimum absolute atomic E-state index is 0.107. The van der Waals surface area contributed by atoms with Crippen molar-refractivity contribution in [3.8, 4) is 0 Å². The summed E-state index contributed by atoms with van der Waals surface area (Å²) in [6.45, 7) is 9.70. The number of nitrogens with one attached hydrogen (secondary N) is 2. The average molecular weight is 354 g/mol. The summed E-state index contributed by atoms with van der Waals surface area (Å²) in [5.41, 5.74) is 3.05. The second-order valence-corrected chi connectivity index (χ2v) is 7.79. The van der Waals surface area contributed by atoms with Gasteiger partial charge in [0, 0.05) is 31.1 Å². The van der Waals surface area contributed by atoms with Gasteiger partial charge in [-0.2, -0.15) is 0 Å². The van der Waals surface area contributed by atoms with E-state index in [4.69, 9.17) is 4.98 Å². The number of likely N-dealkylation sites (tertiary alicyclic amines) is 1. The molecule has 5 heteroatoms. The van der Waals surface area contributed by atoms with Crippen LogP contribution in [-0.2, 0) is 12.0 Å². The van der Waals surface area contributed by atoms with E-state index < -0.39 is 5.54 Å². The highest BCUT2D eigenvalue weighted by molar-refractivity contribution is 5.33. The standard InChI is InChI=1S/C21H30N4O/c1-4-18-22-14(3)19(23-18)20-16-11-25(5-2)12-17(16)21(13-26,24-20)15-9-7-6-8-10-15/h6-10,16-17,20,24,26H,4-5,11-13H2,1-3H3,(H,22,23)/t16-,17+,20+,21-/m0/s1. The summed E-state index contributed by atoms with van der Waals surface area (Å²) in [4.78, 5) is 10.8. The Balaban J connectivity index is 1.78. The summed E-state index contributed by atoms with van der Waals surface area (Å²) in [6, 6.07) is 10.6. The first kappa shape index (κ1) is 17.7. The van der Waals surface area contributed by atoms with Crippen LogP contribution in [0.25, 0.3) is 0 Å². The highest BCUT2D eigenvalue weighted by Gasteiger charge is 2.58. The third-order valence-electron chi connectivity index (χ3n) is 6.50. The molecule has 0 amide bonds. The molecule has 0 aliphatic carbocycles. The van der Waals surface area contributed by atoms with Crippen molar-refractivity contribution in [2.75, 3.05) is 26.2 Å². The van der Waals surface area contributed by atoms with Crippen molar-refractivity contribution in [2.45, 2.75) is 38.8 Å². The van der Waals surface area contributed by atoms with Crippen molar-refractivity contribution in [2.24, 2.45) is 11.8 Å². The van der Waals surface area contributed by atoms with Crippen LogP contribution in [0.15, 0.2) is 30.3 Å². The predicted octanol–water partition coefficient (Wildman–Crippen LogP) is 2.38. The summed E-state index contributed by atoms with van der Waals surface area (Å²) >= 11 is 0. The summed E-state index contributed by atoms with van der Waals surface area (Å²) in [6.07, 6.45) is 0.909. The minimum atomic E-state index is -0.404. The van der Waals surface area contributed by atoms with Gasteiger partial charge in [-0.3, -0.25) is 5.32 Å². The molecule has 140 valence electrons. The predicted molar refractivity (Wildman–Crippen MR) is 103 cm³/mol. The number of hydrogen-bond donors (Lipinski definition) is 3. The zero-order valence-electron chi connectivity index (χ0n) is 16.0. The first-order valence-corrected chi connectivity index (χ1v) is 9.84. The Morgan fingerprint density at radius 3 is 2.62 bits per heavy atom. The molecule has 0 saturated carbocycles. The molecular weight excluding hydrogens is 324 g/mol. The lowest BCUT2D eigenvalue weighted by molar-refractivity contribution is 0.127. The topological polar surface area (TPSA) is 64.2 Å². The van der Waals surface area contributed by atoms with E-state index in [-0.39, 0.29) is 12.6 Å². The van der Waals surface area contributed by atoms with Crippen molar-refractivity contribution < 1.29 is 5.11 Å². The maximum absolute atomic E-state index is 10.6. The molecule has 3 heterocycles. The zero-order chi connectivity index (χ0) is 18.3. The van der Waals surface area contributed by atoms with Gasteiger partial charge in [0.05, 0.1) is 23.9 Å². The number of aryl methyl sites for hydroxylation is 2. The number of nitrogens with zero attached hydrogens (tertiary/aromatic N) is 2. The normalized spacial score (nSPS) is 31.5. The molecule has 0 radical (unpaired) electrons. The largest absolute Gasteiger partial charge is 0.394 e. The molecule has 1 aromatic heterocycles. The second kappa shape index (κ2) is 6.80. The van der Waals surface area contributed by atoms with Gasteiger partial charge < -0.3 is 15.0 Å². The van der Waals surface area contributed by atoms with Gasteiger partial charge in [0.25, 0.3) is 0 Å². The Labute approximate surface area is 155 Å². The number of fused-ring (bicyclic) bond motifs is 1. The van der Waals surface area contributed by atoms with E-state index in [1.807, 2.05) is 6.07 Å². The summed E-state index contributed by atoms with van der Waals surface area (Å²) in [5, 5.41) is 14.4. The fourth-order valence-corrected chi connectivity index (χ4v) is 5.09. The summed E-state index contributed by atoms with van der Waals surface area (Å²) in [5.74, 6) is 1.87. The molecule has 5 nitrogen and oxygen atoms in total. The second-order valence-electron chi connectivity index (χ2n) is 7.79. The quantitative estimate of drug-likeness (QED) is 0.771. The van der Waals surface area contributed by atoms with Crippen LogP contribution in [0.5, 0.6) is 0 Å². The van der Waals surface area contributed by atoms with E-state index in [1.165, 1.54) is 5.56 Å². The Hall–Kier alpha value is -1.69. The molecule has 2 aliphatic heterocycles. The van der Waals surface area contributed by atoms with Gasteiger partial charge in [-0.1, -0.05) is 44.2 Å². The lowest BCUT2D eigenvalue weighted by Crippen LogP contribution is -2.48. The number of aliphatic hydroxyl groups excluding tert-OH is 1. The number of aromatic nitrogens is 2. The van der Waals surface area contributed by atoms with Gasteiger partial charge in [0.1, 0.15) is 5.82 Å². The number of aliphatic hydroxyl groups is 1. The molecule has 3 N–H and O–H groups in total. The molecule has 2 fully saturated rings. The fraction of sp³-hybridized carbons (Fsp3) is 0.571. The Kier molecular flexibility index (Phi) is 4.63. The van der Waals surface area contributed by atoms with E-state index in [9.17, 15) is 5.11 Å². The first-order valence-electron chi connectivity index (χ1n) is 9.84. The van der Waals surface area contributed by atoms with Crippen molar-refractivity contribution in [1.82, 2.24) is 20.2 Å². The molecule has 0 spiro atoms. The lowest BCUT2D eigenvalue weighted by Gasteiger charge is -2.35. The highest BCUT2D eigenvalue weighted by Crippen LogP contribution is 2.51. The molecule has 0 bridgehead atoms. The van der Waals surface area contributed by atoms with Gasteiger partial charge in [-0.05, 0) is 24.9 Å². The van der Waals surface area contributed by atoms with Gasteiger partial charge in [-0.15, -0.1) is 0 Å². The minimum Gasteiger partial charge on any atom is -0.394 e. The van der Waals surface area contributed by atoms with Crippen LogP contribution in [0.4, 0.5) is 0 Å². The van der Waals surface area contributed by atoms with Gasteiger partial charge >= 0.3 is 0 Å². The molecule has 2 saturated heterocycles. The van der Waals surface area contributed by atoms with Gasteiger partial charge in [0.15, 0.2) is 0 Å². The Morgan fingerprint density at radius 2 is 2.00 bits per heavy atom. The van der Waals surface area contributed by atoms with E-state index in [2.05, 4.69) is 60.2 Å². The summed E-state index contributed by atoms with van der Waals surface area (Å²) in [7, 11) is 0. The van der Waals surface area contributed by atoms with Crippen molar-refractivity contribution in [3.05, 3.63) is 53.1 Å². The van der Waals surface area contributed by atoms with Crippen molar-refractivity contribution >= 4 is 0 Å². The van der Waals surface area contributed by atoms with Crippen LogP contribution in [0.2, 0.25) is 0 Å². The molecular formula is C21H30N4O. The fourth-order valence-electron chi connectivity index (χ4n) is 5.09. The smallest absolute Gasteiger partial charge is 0.106 e. The van der Waals surface area contributed by atoms with Crippen LogP contribution in [0, 0.1) is 18.8 Å². The van der Waals surface area contributed by atoms with Crippen LogP contribution in [-0.4, -0.2) is 46.2 Å².